The highest BCUT2D eigenvalue weighted by Gasteiger charge is 2.16. The van der Waals surface area contributed by atoms with Crippen molar-refractivity contribution in [3.8, 4) is 0 Å². The lowest BCUT2D eigenvalue weighted by Crippen LogP contribution is -2.29. The first kappa shape index (κ1) is 11.1. The van der Waals surface area contributed by atoms with Crippen LogP contribution in [0.25, 0.3) is 0 Å². The Labute approximate surface area is 107 Å². The van der Waals surface area contributed by atoms with Crippen LogP contribution in [0.15, 0.2) is 32.1 Å². The summed E-state index contributed by atoms with van der Waals surface area (Å²) in [6.07, 6.45) is 1.91. The van der Waals surface area contributed by atoms with Crippen LogP contribution in [-0.2, 0) is 0 Å². The maximum atomic E-state index is 4.35. The molecule has 0 N–H and O–H groups in total. The predicted octanol–water partition coefficient (Wildman–Crippen LogP) is 3.27. The quantitative estimate of drug-likeness (QED) is 0.771. The van der Waals surface area contributed by atoms with Gasteiger partial charge in [0, 0.05) is 35.0 Å². The van der Waals surface area contributed by atoms with Crippen LogP contribution in [0.3, 0.4) is 0 Å². The fourth-order valence-electron chi connectivity index (χ4n) is 1.79. The van der Waals surface area contributed by atoms with Crippen LogP contribution in [0.4, 0.5) is 0 Å². The van der Waals surface area contributed by atoms with Crippen LogP contribution in [-0.4, -0.2) is 31.4 Å². The molecular formula is C11H12Br2N2. The largest absolute Gasteiger partial charge is 0.365 e. The van der Waals surface area contributed by atoms with Gasteiger partial charge in [-0.25, -0.2) is 0 Å². The van der Waals surface area contributed by atoms with Gasteiger partial charge in [-0.2, -0.15) is 0 Å². The van der Waals surface area contributed by atoms with E-state index in [-0.39, 0.29) is 0 Å². The van der Waals surface area contributed by atoms with E-state index in [9.17, 15) is 0 Å². The zero-order valence-corrected chi connectivity index (χ0v) is 11.6. The first-order chi connectivity index (χ1) is 7.15. The highest BCUT2D eigenvalue weighted by molar-refractivity contribution is 9.11. The van der Waals surface area contributed by atoms with Crippen molar-refractivity contribution in [2.75, 3.05) is 20.1 Å². The number of rotatable bonds is 1. The molecule has 1 atom stereocenters. The van der Waals surface area contributed by atoms with E-state index in [0.717, 1.165) is 22.0 Å². The highest BCUT2D eigenvalue weighted by Crippen LogP contribution is 2.26. The second-order valence-electron chi connectivity index (χ2n) is 3.82. The number of hydrogen-bond donors (Lipinski definition) is 0. The Balaban J connectivity index is 2.25. The average Bonchev–Trinajstić information content (AvgIpc) is 2.16. The second kappa shape index (κ2) is 4.66. The van der Waals surface area contributed by atoms with Gasteiger partial charge in [0.25, 0.3) is 0 Å². The van der Waals surface area contributed by atoms with Gasteiger partial charge < -0.3 is 4.90 Å². The topological polar surface area (TPSA) is 15.6 Å². The van der Waals surface area contributed by atoms with Crippen LogP contribution in [0, 0.1) is 0 Å². The highest BCUT2D eigenvalue weighted by atomic mass is 79.9. The summed E-state index contributed by atoms with van der Waals surface area (Å²) >= 11 is 7.03. The van der Waals surface area contributed by atoms with Crippen molar-refractivity contribution < 1.29 is 0 Å². The molecule has 0 fully saturated rings. The van der Waals surface area contributed by atoms with Crippen LogP contribution >= 0.6 is 31.9 Å². The van der Waals surface area contributed by atoms with Gasteiger partial charge in [0.15, 0.2) is 0 Å². The number of benzene rings is 1. The monoisotopic (exact) mass is 330 g/mol. The molecule has 2 rings (SSSR count). The minimum absolute atomic E-state index is 0.494. The summed E-state index contributed by atoms with van der Waals surface area (Å²) in [5.74, 6) is 0.494. The summed E-state index contributed by atoms with van der Waals surface area (Å²) in [6.45, 7) is 1.92. The minimum Gasteiger partial charge on any atom is -0.365 e. The van der Waals surface area contributed by atoms with Gasteiger partial charge in [-0.05, 0) is 23.8 Å². The predicted molar refractivity (Wildman–Crippen MR) is 70.6 cm³/mol. The molecule has 1 aromatic rings. The van der Waals surface area contributed by atoms with Crippen LogP contribution in [0.5, 0.6) is 0 Å². The van der Waals surface area contributed by atoms with E-state index in [0.29, 0.717) is 5.92 Å². The maximum absolute atomic E-state index is 4.35. The molecule has 1 aliphatic rings. The minimum atomic E-state index is 0.494. The molecule has 0 aliphatic carbocycles. The number of halogens is 2. The normalized spacial score (nSPS) is 20.7. The average molecular weight is 332 g/mol. The zero-order valence-electron chi connectivity index (χ0n) is 8.45. The van der Waals surface area contributed by atoms with Crippen molar-refractivity contribution in [3.63, 3.8) is 0 Å². The van der Waals surface area contributed by atoms with E-state index in [2.05, 4.69) is 67.0 Å². The Bertz CT molecular complexity index is 370. The molecule has 15 heavy (non-hydrogen) atoms. The second-order valence-corrected chi connectivity index (χ2v) is 5.65. The molecule has 0 radical (unpaired) electrons. The molecule has 0 saturated heterocycles. The number of hydrogen-bond acceptors (Lipinski definition) is 2. The first-order valence-corrected chi connectivity index (χ1v) is 6.40. The van der Waals surface area contributed by atoms with Crippen LogP contribution in [0.2, 0.25) is 0 Å². The maximum Gasteiger partial charge on any atom is 0.0847 e. The van der Waals surface area contributed by atoms with E-state index in [1.165, 1.54) is 5.56 Å². The fourth-order valence-corrected chi connectivity index (χ4v) is 3.12. The van der Waals surface area contributed by atoms with Gasteiger partial charge in [-0.15, -0.1) is 0 Å². The van der Waals surface area contributed by atoms with E-state index in [1.54, 1.807) is 0 Å². The van der Waals surface area contributed by atoms with Crippen molar-refractivity contribution in [1.29, 1.82) is 0 Å². The third-order valence-corrected chi connectivity index (χ3v) is 3.38. The fraction of sp³-hybridized carbons (Fsp3) is 0.364. The molecule has 80 valence electrons. The molecule has 0 amide bonds. The van der Waals surface area contributed by atoms with Gasteiger partial charge in [0.1, 0.15) is 0 Å². The third-order valence-electron chi connectivity index (χ3n) is 2.47. The van der Waals surface area contributed by atoms with E-state index in [4.69, 9.17) is 0 Å². The molecule has 0 bridgehead atoms. The van der Waals surface area contributed by atoms with Gasteiger partial charge in [0.05, 0.1) is 6.34 Å². The summed E-state index contributed by atoms with van der Waals surface area (Å²) in [5.41, 5.74) is 1.33. The Hall–Kier alpha value is -0.350. The Morgan fingerprint density at radius 2 is 1.93 bits per heavy atom. The Kier molecular flexibility index (Phi) is 3.46. The third kappa shape index (κ3) is 2.82. The summed E-state index contributed by atoms with van der Waals surface area (Å²) in [7, 11) is 2.06. The van der Waals surface area contributed by atoms with Gasteiger partial charge in [0.2, 0.25) is 0 Å². The van der Waals surface area contributed by atoms with E-state index >= 15 is 0 Å². The summed E-state index contributed by atoms with van der Waals surface area (Å²) < 4.78 is 2.23. The summed E-state index contributed by atoms with van der Waals surface area (Å²) in [6, 6.07) is 6.40. The molecule has 0 spiro atoms. The van der Waals surface area contributed by atoms with Crippen molar-refractivity contribution in [2.24, 2.45) is 4.99 Å². The molecule has 1 aromatic carbocycles. The van der Waals surface area contributed by atoms with Gasteiger partial charge >= 0.3 is 0 Å². The van der Waals surface area contributed by atoms with Gasteiger partial charge in [-0.3, -0.25) is 4.99 Å². The molecule has 1 heterocycles. The molecule has 0 aromatic heterocycles. The Morgan fingerprint density at radius 3 is 2.53 bits per heavy atom. The lowest BCUT2D eigenvalue weighted by molar-refractivity contribution is 0.439. The van der Waals surface area contributed by atoms with E-state index < -0.39 is 0 Å². The molecule has 1 unspecified atom stereocenters. The van der Waals surface area contributed by atoms with Crippen LogP contribution in [0.1, 0.15) is 11.5 Å². The molecule has 2 nitrogen and oxygen atoms in total. The molecular weight excluding hydrogens is 320 g/mol. The lowest BCUT2D eigenvalue weighted by Gasteiger charge is -2.25. The molecule has 1 aliphatic heterocycles. The first-order valence-electron chi connectivity index (χ1n) is 4.81. The zero-order chi connectivity index (χ0) is 10.8. The van der Waals surface area contributed by atoms with Crippen molar-refractivity contribution in [2.45, 2.75) is 5.92 Å². The van der Waals surface area contributed by atoms with Crippen molar-refractivity contribution >= 4 is 38.2 Å². The summed E-state index contributed by atoms with van der Waals surface area (Å²) in [5, 5.41) is 0. The van der Waals surface area contributed by atoms with Crippen molar-refractivity contribution in [1.82, 2.24) is 4.90 Å². The van der Waals surface area contributed by atoms with Gasteiger partial charge in [-0.1, -0.05) is 31.9 Å². The van der Waals surface area contributed by atoms with Crippen LogP contribution < -0.4 is 0 Å². The van der Waals surface area contributed by atoms with E-state index in [1.807, 2.05) is 6.34 Å². The SMILES string of the molecule is CN1C=NCC(c2cc(Br)cc(Br)c2)C1. The molecule has 4 heteroatoms. The lowest BCUT2D eigenvalue weighted by atomic mass is 9.98. The van der Waals surface area contributed by atoms with Crippen molar-refractivity contribution in [3.05, 3.63) is 32.7 Å². The standard InChI is InChI=1S/C11H12Br2N2/c1-15-6-9(5-14-7-15)8-2-10(12)4-11(13)3-8/h2-4,7,9H,5-6H2,1H3. The molecule has 0 saturated carbocycles. The smallest absolute Gasteiger partial charge is 0.0847 e. The Morgan fingerprint density at radius 1 is 1.27 bits per heavy atom. The number of nitrogens with zero attached hydrogens (tertiary/aromatic N) is 2. The number of likely N-dealkylation sites (N-methyl/N-ethyl adjacent to an activating group) is 1. The number of aliphatic imine (C=N–C) groups is 1. The summed E-state index contributed by atoms with van der Waals surface area (Å²) in [4.78, 5) is 6.47.